The lowest BCUT2D eigenvalue weighted by Gasteiger charge is -2.09. The van der Waals surface area contributed by atoms with Gasteiger partial charge in [-0.3, -0.25) is 4.79 Å². The molecule has 0 bridgehead atoms. The number of ether oxygens (including phenoxy) is 1. The molecule has 0 spiro atoms. The van der Waals surface area contributed by atoms with Crippen molar-refractivity contribution in [1.82, 2.24) is 0 Å². The normalized spacial score (nSPS) is 11.7. The third-order valence-corrected chi connectivity index (χ3v) is 1.11. The highest BCUT2D eigenvalue weighted by atomic mass is 16.5. The quantitative estimate of drug-likeness (QED) is 0.460. The standard InChI is InChI=1S/C7H11NO3/c1-3-5(7(8)10)11-6(9)4-2/h4-5H,2-3H2,1H3,(H2,8,10). The van der Waals surface area contributed by atoms with Crippen molar-refractivity contribution in [1.29, 1.82) is 0 Å². The molecule has 1 unspecified atom stereocenters. The predicted molar refractivity (Wildman–Crippen MR) is 39.6 cm³/mol. The highest BCUT2D eigenvalue weighted by Crippen LogP contribution is 1.97. The van der Waals surface area contributed by atoms with Gasteiger partial charge in [0.1, 0.15) is 0 Å². The van der Waals surface area contributed by atoms with E-state index in [2.05, 4.69) is 11.3 Å². The molecule has 0 saturated heterocycles. The molecule has 0 radical (unpaired) electrons. The Morgan fingerprint density at radius 1 is 1.73 bits per heavy atom. The SMILES string of the molecule is C=CC(=O)OC(CC)C(N)=O. The van der Waals surface area contributed by atoms with Gasteiger partial charge < -0.3 is 10.5 Å². The average Bonchev–Trinajstić information content (AvgIpc) is 1.99. The summed E-state index contributed by atoms with van der Waals surface area (Å²) in [5.41, 5.74) is 4.90. The molecule has 0 aliphatic rings. The summed E-state index contributed by atoms with van der Waals surface area (Å²) < 4.78 is 4.58. The first kappa shape index (κ1) is 9.68. The van der Waals surface area contributed by atoms with Gasteiger partial charge in [0.05, 0.1) is 0 Å². The van der Waals surface area contributed by atoms with E-state index in [9.17, 15) is 9.59 Å². The number of nitrogens with two attached hydrogens (primary N) is 1. The minimum absolute atomic E-state index is 0.384. The Labute approximate surface area is 65.0 Å². The van der Waals surface area contributed by atoms with Crippen molar-refractivity contribution in [3.8, 4) is 0 Å². The van der Waals surface area contributed by atoms with Gasteiger partial charge in [-0.05, 0) is 6.42 Å². The number of carbonyl (C=O) groups is 2. The van der Waals surface area contributed by atoms with Gasteiger partial charge >= 0.3 is 5.97 Å². The Bertz CT molecular complexity index is 177. The topological polar surface area (TPSA) is 69.4 Å². The summed E-state index contributed by atoms with van der Waals surface area (Å²) in [5, 5.41) is 0. The molecule has 0 heterocycles. The van der Waals surface area contributed by atoms with E-state index < -0.39 is 18.0 Å². The van der Waals surface area contributed by atoms with Crippen LogP contribution >= 0.6 is 0 Å². The largest absolute Gasteiger partial charge is 0.449 e. The molecule has 0 rings (SSSR count). The van der Waals surface area contributed by atoms with Crippen molar-refractivity contribution < 1.29 is 14.3 Å². The molecule has 2 N–H and O–H groups in total. The van der Waals surface area contributed by atoms with Crippen molar-refractivity contribution in [2.24, 2.45) is 5.73 Å². The number of primary amides is 1. The average molecular weight is 157 g/mol. The minimum Gasteiger partial charge on any atom is -0.449 e. The molecule has 4 nitrogen and oxygen atoms in total. The zero-order chi connectivity index (χ0) is 8.85. The van der Waals surface area contributed by atoms with Gasteiger partial charge in [0.2, 0.25) is 0 Å². The molecule has 11 heavy (non-hydrogen) atoms. The fraction of sp³-hybridized carbons (Fsp3) is 0.429. The molecule has 0 aliphatic carbocycles. The van der Waals surface area contributed by atoms with E-state index in [0.717, 1.165) is 6.08 Å². The predicted octanol–water partition coefficient (Wildman–Crippen LogP) is -0.0205. The van der Waals surface area contributed by atoms with Crippen LogP contribution in [0.3, 0.4) is 0 Å². The van der Waals surface area contributed by atoms with Crippen molar-refractivity contribution in [3.63, 3.8) is 0 Å². The van der Waals surface area contributed by atoms with Crippen LogP contribution in [-0.2, 0) is 14.3 Å². The van der Waals surface area contributed by atoms with Crippen LogP contribution in [0, 0.1) is 0 Å². The first-order valence-electron chi connectivity index (χ1n) is 3.24. The van der Waals surface area contributed by atoms with E-state index in [1.807, 2.05) is 0 Å². The lowest BCUT2D eigenvalue weighted by atomic mass is 10.3. The second kappa shape index (κ2) is 4.49. The summed E-state index contributed by atoms with van der Waals surface area (Å²) >= 11 is 0. The van der Waals surface area contributed by atoms with Crippen LogP contribution in [-0.4, -0.2) is 18.0 Å². The van der Waals surface area contributed by atoms with Gasteiger partial charge in [-0.1, -0.05) is 13.5 Å². The van der Waals surface area contributed by atoms with Crippen LogP contribution in [0.25, 0.3) is 0 Å². The maximum Gasteiger partial charge on any atom is 0.330 e. The molecule has 0 saturated carbocycles. The third kappa shape index (κ3) is 3.40. The highest BCUT2D eigenvalue weighted by molar-refractivity contribution is 5.86. The van der Waals surface area contributed by atoms with Crippen LogP contribution in [0.4, 0.5) is 0 Å². The number of carbonyl (C=O) groups excluding carboxylic acids is 2. The summed E-state index contributed by atoms with van der Waals surface area (Å²) in [4.78, 5) is 21.0. The summed E-state index contributed by atoms with van der Waals surface area (Å²) in [7, 11) is 0. The lowest BCUT2D eigenvalue weighted by Crippen LogP contribution is -2.32. The first-order valence-corrected chi connectivity index (χ1v) is 3.24. The minimum atomic E-state index is -0.833. The van der Waals surface area contributed by atoms with Crippen LogP contribution < -0.4 is 5.73 Å². The number of rotatable bonds is 4. The van der Waals surface area contributed by atoms with Crippen molar-refractivity contribution in [2.75, 3.05) is 0 Å². The van der Waals surface area contributed by atoms with Gasteiger partial charge in [-0.15, -0.1) is 0 Å². The molecule has 4 heteroatoms. The van der Waals surface area contributed by atoms with E-state index in [1.54, 1.807) is 6.92 Å². The maximum atomic E-state index is 10.5. The summed E-state index contributed by atoms with van der Waals surface area (Å²) in [6.45, 7) is 4.88. The lowest BCUT2D eigenvalue weighted by molar-refractivity contribution is -0.150. The number of amides is 1. The highest BCUT2D eigenvalue weighted by Gasteiger charge is 2.15. The smallest absolute Gasteiger partial charge is 0.330 e. The maximum absolute atomic E-state index is 10.5. The van der Waals surface area contributed by atoms with Gasteiger partial charge in [0, 0.05) is 6.08 Å². The summed E-state index contributed by atoms with van der Waals surface area (Å²) in [5.74, 6) is -1.27. The van der Waals surface area contributed by atoms with Gasteiger partial charge in [0.15, 0.2) is 6.10 Å². The summed E-state index contributed by atoms with van der Waals surface area (Å²) in [6.07, 6.45) is 0.543. The number of esters is 1. The fourth-order valence-electron chi connectivity index (χ4n) is 0.531. The van der Waals surface area contributed by atoms with E-state index in [1.165, 1.54) is 0 Å². The Morgan fingerprint density at radius 3 is 2.55 bits per heavy atom. The van der Waals surface area contributed by atoms with Crippen molar-refractivity contribution in [3.05, 3.63) is 12.7 Å². The van der Waals surface area contributed by atoms with Gasteiger partial charge in [-0.2, -0.15) is 0 Å². The van der Waals surface area contributed by atoms with E-state index in [4.69, 9.17) is 5.73 Å². The second-order valence-electron chi connectivity index (χ2n) is 1.94. The molecular formula is C7H11NO3. The third-order valence-electron chi connectivity index (χ3n) is 1.11. The molecule has 1 atom stereocenters. The zero-order valence-electron chi connectivity index (χ0n) is 6.37. The van der Waals surface area contributed by atoms with Gasteiger partial charge in [0.25, 0.3) is 5.91 Å². The molecule has 0 aliphatic heterocycles. The Morgan fingerprint density at radius 2 is 2.27 bits per heavy atom. The van der Waals surface area contributed by atoms with Crippen LogP contribution in [0.15, 0.2) is 12.7 Å². The Kier molecular flexibility index (Phi) is 3.95. The Hall–Kier alpha value is -1.32. The second-order valence-corrected chi connectivity index (χ2v) is 1.94. The fourth-order valence-corrected chi connectivity index (χ4v) is 0.531. The van der Waals surface area contributed by atoms with Crippen LogP contribution in [0.5, 0.6) is 0 Å². The monoisotopic (exact) mass is 157 g/mol. The molecule has 1 amide bonds. The van der Waals surface area contributed by atoms with E-state index >= 15 is 0 Å². The van der Waals surface area contributed by atoms with Gasteiger partial charge in [-0.25, -0.2) is 4.79 Å². The number of hydrogen-bond donors (Lipinski definition) is 1. The van der Waals surface area contributed by atoms with Crippen LogP contribution in [0.2, 0.25) is 0 Å². The molecule has 62 valence electrons. The van der Waals surface area contributed by atoms with Crippen molar-refractivity contribution in [2.45, 2.75) is 19.4 Å². The molecule has 0 aromatic rings. The van der Waals surface area contributed by atoms with Crippen LogP contribution in [0.1, 0.15) is 13.3 Å². The number of hydrogen-bond acceptors (Lipinski definition) is 3. The van der Waals surface area contributed by atoms with E-state index in [-0.39, 0.29) is 0 Å². The van der Waals surface area contributed by atoms with E-state index in [0.29, 0.717) is 6.42 Å². The summed E-state index contributed by atoms with van der Waals surface area (Å²) in [6, 6.07) is 0. The first-order chi connectivity index (χ1) is 5.11. The van der Waals surface area contributed by atoms with Crippen molar-refractivity contribution >= 4 is 11.9 Å². The zero-order valence-corrected chi connectivity index (χ0v) is 6.37. The molecule has 0 fully saturated rings. The molecular weight excluding hydrogens is 146 g/mol. The molecule has 0 aromatic carbocycles. The Balaban J connectivity index is 3.97. The molecule has 0 aromatic heterocycles.